The molecule has 0 fully saturated rings. The first kappa shape index (κ1) is 17.2. The molecule has 3 N–H and O–H groups in total. The van der Waals surface area contributed by atoms with Gasteiger partial charge in [-0.15, -0.1) is 0 Å². The molecule has 1 atom stereocenters. The summed E-state index contributed by atoms with van der Waals surface area (Å²) in [7, 11) is 1.22. The predicted molar refractivity (Wildman–Crippen MR) is 68.7 cm³/mol. The van der Waals surface area contributed by atoms with Crippen molar-refractivity contribution in [2.24, 2.45) is 5.41 Å². The number of aliphatic carboxylic acids is 1. The normalized spacial score (nSPS) is 12.4. The lowest BCUT2D eigenvalue weighted by atomic mass is 9.82. The third-order valence-electron chi connectivity index (χ3n) is 3.30. The number of rotatable bonds is 7. The molecule has 0 bridgehead atoms. The molecule has 0 aliphatic carbocycles. The summed E-state index contributed by atoms with van der Waals surface area (Å²) >= 11 is 0. The third kappa shape index (κ3) is 4.76. The van der Waals surface area contributed by atoms with Crippen molar-refractivity contribution in [3.8, 4) is 0 Å². The van der Waals surface area contributed by atoms with Gasteiger partial charge in [0, 0.05) is 6.54 Å². The Morgan fingerprint density at radius 3 is 2.16 bits per heavy atom. The van der Waals surface area contributed by atoms with E-state index in [4.69, 9.17) is 0 Å². The van der Waals surface area contributed by atoms with E-state index in [0.717, 1.165) is 0 Å². The van der Waals surface area contributed by atoms with Gasteiger partial charge in [-0.05, 0) is 19.8 Å². The summed E-state index contributed by atoms with van der Waals surface area (Å²) in [5, 5.41) is 14.0. The van der Waals surface area contributed by atoms with Crippen LogP contribution in [0.25, 0.3) is 0 Å². The summed E-state index contributed by atoms with van der Waals surface area (Å²) < 4.78 is 4.46. The monoisotopic (exact) mass is 274 g/mol. The van der Waals surface area contributed by atoms with E-state index in [9.17, 15) is 19.5 Å². The Morgan fingerprint density at radius 2 is 1.79 bits per heavy atom. The Labute approximate surface area is 112 Å². The molecule has 0 saturated carbocycles. The maximum absolute atomic E-state index is 11.6. The highest BCUT2D eigenvalue weighted by molar-refractivity contribution is 5.83. The minimum Gasteiger partial charge on any atom is -0.481 e. The van der Waals surface area contributed by atoms with E-state index in [1.807, 2.05) is 0 Å². The summed E-state index contributed by atoms with van der Waals surface area (Å²) in [5.74, 6) is -1.51. The van der Waals surface area contributed by atoms with Gasteiger partial charge in [0.25, 0.3) is 0 Å². The third-order valence-corrected chi connectivity index (χ3v) is 3.30. The van der Waals surface area contributed by atoms with E-state index in [-0.39, 0.29) is 6.54 Å². The Balaban J connectivity index is 4.42. The van der Waals surface area contributed by atoms with Crippen LogP contribution in [0.3, 0.4) is 0 Å². The van der Waals surface area contributed by atoms with Gasteiger partial charge in [-0.1, -0.05) is 13.8 Å². The SMILES string of the molecule is CCC(CC)(CNC(=O)NC(C)C(=O)OC)C(=O)O. The van der Waals surface area contributed by atoms with Crippen LogP contribution >= 0.6 is 0 Å². The standard InChI is InChI=1S/C12H22N2O5/c1-5-12(6-2,10(16)17)7-13-11(18)14-8(3)9(15)19-4/h8H,5-7H2,1-4H3,(H,16,17)(H2,13,14,18). The number of carboxylic acid groups (broad SMARTS) is 1. The van der Waals surface area contributed by atoms with Gasteiger partial charge in [-0.2, -0.15) is 0 Å². The predicted octanol–water partition coefficient (Wildman–Crippen LogP) is 0.738. The van der Waals surface area contributed by atoms with Crippen molar-refractivity contribution in [3.63, 3.8) is 0 Å². The van der Waals surface area contributed by atoms with Crippen LogP contribution in [-0.4, -0.2) is 42.8 Å². The largest absolute Gasteiger partial charge is 0.481 e. The van der Waals surface area contributed by atoms with Crippen LogP contribution < -0.4 is 10.6 Å². The van der Waals surface area contributed by atoms with E-state index in [1.165, 1.54) is 14.0 Å². The summed E-state index contributed by atoms with van der Waals surface area (Å²) in [6, 6.07) is -1.38. The summed E-state index contributed by atoms with van der Waals surface area (Å²) in [6.45, 7) is 5.01. The molecule has 0 radical (unpaired) electrons. The zero-order chi connectivity index (χ0) is 15.1. The first-order valence-corrected chi connectivity index (χ1v) is 6.18. The van der Waals surface area contributed by atoms with Crippen LogP contribution in [0.4, 0.5) is 4.79 Å². The summed E-state index contributed by atoms with van der Waals surface area (Å²) in [4.78, 5) is 33.9. The smallest absolute Gasteiger partial charge is 0.328 e. The number of esters is 1. The molecule has 0 aromatic rings. The molecule has 0 aromatic heterocycles. The molecule has 0 aliphatic heterocycles. The molecule has 0 heterocycles. The molecule has 2 amide bonds. The lowest BCUT2D eigenvalue weighted by Crippen LogP contribution is -2.49. The molecule has 19 heavy (non-hydrogen) atoms. The Bertz CT molecular complexity index is 339. The molecule has 0 rings (SSSR count). The molecule has 7 nitrogen and oxygen atoms in total. The first-order valence-electron chi connectivity index (χ1n) is 6.18. The van der Waals surface area contributed by atoms with Gasteiger partial charge >= 0.3 is 18.0 Å². The van der Waals surface area contributed by atoms with Gasteiger partial charge in [-0.25, -0.2) is 9.59 Å². The molecule has 0 saturated heterocycles. The van der Waals surface area contributed by atoms with Gasteiger partial charge in [0.2, 0.25) is 0 Å². The Hall–Kier alpha value is -1.79. The second-order valence-electron chi connectivity index (χ2n) is 4.36. The highest BCUT2D eigenvalue weighted by Crippen LogP contribution is 2.25. The van der Waals surface area contributed by atoms with Crippen molar-refractivity contribution >= 4 is 18.0 Å². The van der Waals surface area contributed by atoms with E-state index in [1.54, 1.807) is 13.8 Å². The number of hydrogen-bond acceptors (Lipinski definition) is 4. The van der Waals surface area contributed by atoms with Crippen molar-refractivity contribution in [2.75, 3.05) is 13.7 Å². The van der Waals surface area contributed by atoms with E-state index in [0.29, 0.717) is 12.8 Å². The average Bonchev–Trinajstić information content (AvgIpc) is 2.39. The van der Waals surface area contributed by atoms with E-state index in [2.05, 4.69) is 15.4 Å². The van der Waals surface area contributed by atoms with E-state index < -0.39 is 29.4 Å². The fourth-order valence-corrected chi connectivity index (χ4v) is 1.61. The van der Waals surface area contributed by atoms with Gasteiger partial charge in [0.15, 0.2) is 0 Å². The highest BCUT2D eigenvalue weighted by Gasteiger charge is 2.35. The molecule has 0 aromatic carbocycles. The molecule has 0 aliphatic rings. The Morgan fingerprint density at radius 1 is 1.26 bits per heavy atom. The molecule has 110 valence electrons. The van der Waals surface area contributed by atoms with Gasteiger partial charge in [0.1, 0.15) is 6.04 Å². The zero-order valence-corrected chi connectivity index (χ0v) is 11.8. The second kappa shape index (κ2) is 7.60. The maximum Gasteiger partial charge on any atom is 0.328 e. The van der Waals surface area contributed by atoms with Crippen LogP contribution in [0.1, 0.15) is 33.6 Å². The number of urea groups is 1. The van der Waals surface area contributed by atoms with Crippen LogP contribution in [0.5, 0.6) is 0 Å². The topological polar surface area (TPSA) is 105 Å². The zero-order valence-electron chi connectivity index (χ0n) is 11.8. The van der Waals surface area contributed by atoms with Gasteiger partial charge in [0.05, 0.1) is 12.5 Å². The number of carbonyl (C=O) groups excluding carboxylic acids is 2. The van der Waals surface area contributed by atoms with Gasteiger partial charge in [-0.3, -0.25) is 4.79 Å². The van der Waals surface area contributed by atoms with Crippen LogP contribution in [-0.2, 0) is 14.3 Å². The fraction of sp³-hybridized carbons (Fsp3) is 0.750. The molecule has 7 heteroatoms. The van der Waals surface area contributed by atoms with Crippen molar-refractivity contribution in [1.82, 2.24) is 10.6 Å². The van der Waals surface area contributed by atoms with Crippen LogP contribution in [0, 0.1) is 5.41 Å². The van der Waals surface area contributed by atoms with Crippen molar-refractivity contribution < 1.29 is 24.2 Å². The van der Waals surface area contributed by atoms with Crippen LogP contribution in [0.15, 0.2) is 0 Å². The lowest BCUT2D eigenvalue weighted by molar-refractivity contribution is -0.149. The average molecular weight is 274 g/mol. The number of hydrogen-bond donors (Lipinski definition) is 3. The number of nitrogens with one attached hydrogen (secondary N) is 2. The Kier molecular flexibility index (Phi) is 6.89. The van der Waals surface area contributed by atoms with Gasteiger partial charge < -0.3 is 20.5 Å². The highest BCUT2D eigenvalue weighted by atomic mass is 16.5. The van der Waals surface area contributed by atoms with Crippen LogP contribution in [0.2, 0.25) is 0 Å². The van der Waals surface area contributed by atoms with E-state index >= 15 is 0 Å². The molecular formula is C12H22N2O5. The number of carbonyl (C=O) groups is 3. The summed E-state index contributed by atoms with van der Waals surface area (Å²) in [6.07, 6.45) is 0.817. The number of ether oxygens (including phenoxy) is 1. The minimum atomic E-state index is -0.980. The van der Waals surface area contributed by atoms with Crippen molar-refractivity contribution in [1.29, 1.82) is 0 Å². The molecular weight excluding hydrogens is 252 g/mol. The van der Waals surface area contributed by atoms with Crippen molar-refractivity contribution in [2.45, 2.75) is 39.7 Å². The number of methoxy groups -OCH3 is 1. The number of carboxylic acids is 1. The minimum absolute atomic E-state index is 0.00899. The number of amides is 2. The molecule has 0 spiro atoms. The molecule has 1 unspecified atom stereocenters. The fourth-order valence-electron chi connectivity index (χ4n) is 1.61. The maximum atomic E-state index is 11.6. The summed E-state index contributed by atoms with van der Waals surface area (Å²) in [5.41, 5.74) is -0.980. The first-order chi connectivity index (χ1) is 8.82. The second-order valence-corrected chi connectivity index (χ2v) is 4.36. The lowest BCUT2D eigenvalue weighted by Gasteiger charge is -2.27. The quantitative estimate of drug-likeness (QED) is 0.594. The van der Waals surface area contributed by atoms with Crippen molar-refractivity contribution in [3.05, 3.63) is 0 Å².